The number of esters is 1. The van der Waals surface area contributed by atoms with E-state index in [4.69, 9.17) is 4.74 Å². The van der Waals surface area contributed by atoms with Crippen LogP contribution in [0.15, 0.2) is 0 Å². The molecule has 0 aromatic rings. The Morgan fingerprint density at radius 1 is 1.08 bits per heavy atom. The Hall–Kier alpha value is -0.860. The SMILES string of the molecule is CC(=O)OC1C[C@@H]2CCC3C4CCCC4(C)CCC3C2(C)CC1=O. The lowest BCUT2D eigenvalue weighted by Crippen LogP contribution is -2.55. The van der Waals surface area contributed by atoms with Gasteiger partial charge in [-0.3, -0.25) is 9.59 Å². The fourth-order valence-electron chi connectivity index (χ4n) is 7.38. The summed E-state index contributed by atoms with van der Waals surface area (Å²) in [6.45, 7) is 6.33. The minimum absolute atomic E-state index is 0.139. The maximum absolute atomic E-state index is 12.7. The Morgan fingerprint density at radius 2 is 1.88 bits per heavy atom. The van der Waals surface area contributed by atoms with Crippen molar-refractivity contribution in [2.75, 3.05) is 0 Å². The maximum atomic E-state index is 12.7. The summed E-state index contributed by atoms with van der Waals surface area (Å²) in [4.78, 5) is 24.0. The highest BCUT2D eigenvalue weighted by molar-refractivity contribution is 5.86. The Bertz CT molecular complexity index is 555. The number of carbonyl (C=O) groups is 2. The van der Waals surface area contributed by atoms with E-state index in [0.29, 0.717) is 23.7 Å². The third-order valence-corrected chi connectivity index (χ3v) is 8.57. The monoisotopic (exact) mass is 332 g/mol. The predicted octanol–water partition coefficient (Wildman–Crippen LogP) is 4.53. The van der Waals surface area contributed by atoms with Gasteiger partial charge in [0.15, 0.2) is 11.9 Å². The first-order chi connectivity index (χ1) is 11.3. The van der Waals surface area contributed by atoms with Crippen LogP contribution >= 0.6 is 0 Å². The van der Waals surface area contributed by atoms with Gasteiger partial charge in [-0.25, -0.2) is 0 Å². The third-order valence-electron chi connectivity index (χ3n) is 8.57. The molecule has 0 bridgehead atoms. The van der Waals surface area contributed by atoms with Crippen LogP contribution in [0, 0.1) is 34.5 Å². The Kier molecular flexibility index (Phi) is 3.85. The summed E-state index contributed by atoms with van der Waals surface area (Å²) in [5, 5.41) is 0. The van der Waals surface area contributed by atoms with Crippen molar-refractivity contribution in [1.82, 2.24) is 0 Å². The molecule has 0 aromatic carbocycles. The van der Waals surface area contributed by atoms with Gasteiger partial charge in [0.1, 0.15) is 0 Å². The van der Waals surface area contributed by atoms with Crippen molar-refractivity contribution in [1.29, 1.82) is 0 Å². The van der Waals surface area contributed by atoms with Crippen molar-refractivity contribution in [2.24, 2.45) is 34.5 Å². The second kappa shape index (κ2) is 5.57. The molecule has 0 radical (unpaired) electrons. The topological polar surface area (TPSA) is 43.4 Å². The van der Waals surface area contributed by atoms with E-state index >= 15 is 0 Å². The van der Waals surface area contributed by atoms with Crippen molar-refractivity contribution in [3.05, 3.63) is 0 Å². The van der Waals surface area contributed by atoms with Gasteiger partial charge >= 0.3 is 5.97 Å². The summed E-state index contributed by atoms with van der Waals surface area (Å²) < 4.78 is 5.33. The molecule has 0 aliphatic heterocycles. The number of hydrogen-bond acceptors (Lipinski definition) is 3. The van der Waals surface area contributed by atoms with Gasteiger partial charge in [-0.2, -0.15) is 0 Å². The van der Waals surface area contributed by atoms with Crippen LogP contribution in [0.1, 0.15) is 78.6 Å². The maximum Gasteiger partial charge on any atom is 0.303 e. The molecule has 0 heterocycles. The van der Waals surface area contributed by atoms with E-state index in [9.17, 15) is 9.59 Å². The summed E-state index contributed by atoms with van der Waals surface area (Å²) in [6.07, 6.45) is 10.3. The van der Waals surface area contributed by atoms with Crippen molar-refractivity contribution in [3.8, 4) is 0 Å². The minimum Gasteiger partial charge on any atom is -0.455 e. The van der Waals surface area contributed by atoms with Crippen LogP contribution in [0.2, 0.25) is 0 Å². The van der Waals surface area contributed by atoms with Crippen LogP contribution in [0.5, 0.6) is 0 Å². The number of hydrogen-bond donors (Lipinski definition) is 0. The molecule has 24 heavy (non-hydrogen) atoms. The largest absolute Gasteiger partial charge is 0.455 e. The molecule has 4 aliphatic rings. The smallest absolute Gasteiger partial charge is 0.303 e. The van der Waals surface area contributed by atoms with Gasteiger partial charge < -0.3 is 4.74 Å². The van der Waals surface area contributed by atoms with Gasteiger partial charge in [-0.15, -0.1) is 0 Å². The summed E-state index contributed by atoms with van der Waals surface area (Å²) in [5.41, 5.74) is 0.712. The number of Topliss-reactive ketones (excluding diaryl/α,β-unsaturated/α-hetero) is 1. The molecular weight excluding hydrogens is 300 g/mol. The molecule has 0 spiro atoms. The van der Waals surface area contributed by atoms with Gasteiger partial charge in [0.2, 0.25) is 0 Å². The molecule has 4 fully saturated rings. The average molecular weight is 332 g/mol. The van der Waals surface area contributed by atoms with Gasteiger partial charge in [0, 0.05) is 13.3 Å². The number of fused-ring (bicyclic) bond motifs is 5. The zero-order valence-corrected chi connectivity index (χ0v) is 15.5. The van der Waals surface area contributed by atoms with Crippen LogP contribution in [-0.2, 0) is 14.3 Å². The average Bonchev–Trinajstić information content (AvgIpc) is 2.89. The van der Waals surface area contributed by atoms with E-state index in [1.165, 1.54) is 51.9 Å². The molecule has 0 amide bonds. The molecule has 4 aliphatic carbocycles. The van der Waals surface area contributed by atoms with Gasteiger partial charge in [-0.1, -0.05) is 20.3 Å². The Balaban J connectivity index is 1.57. The fraction of sp³-hybridized carbons (Fsp3) is 0.905. The number of ketones is 1. The predicted molar refractivity (Wildman–Crippen MR) is 92.3 cm³/mol. The number of carbonyl (C=O) groups excluding carboxylic acids is 2. The zero-order chi connectivity index (χ0) is 17.1. The van der Waals surface area contributed by atoms with Crippen molar-refractivity contribution < 1.29 is 14.3 Å². The summed E-state index contributed by atoms with van der Waals surface area (Å²) in [7, 11) is 0. The normalized spacial score (nSPS) is 50.6. The van der Waals surface area contributed by atoms with E-state index in [0.717, 1.165) is 18.3 Å². The molecule has 4 saturated carbocycles. The van der Waals surface area contributed by atoms with Crippen LogP contribution < -0.4 is 0 Å². The van der Waals surface area contributed by atoms with Crippen LogP contribution in [0.3, 0.4) is 0 Å². The number of ether oxygens (including phenoxy) is 1. The molecule has 4 rings (SSSR count). The van der Waals surface area contributed by atoms with Gasteiger partial charge in [0.05, 0.1) is 0 Å². The van der Waals surface area contributed by atoms with Gasteiger partial charge in [-0.05, 0) is 79.4 Å². The van der Waals surface area contributed by atoms with Crippen LogP contribution in [-0.4, -0.2) is 17.9 Å². The highest BCUT2D eigenvalue weighted by Crippen LogP contribution is 2.65. The zero-order valence-electron chi connectivity index (χ0n) is 15.5. The van der Waals surface area contributed by atoms with E-state index in [1.807, 2.05) is 0 Å². The first kappa shape index (κ1) is 16.6. The molecule has 0 N–H and O–H groups in total. The molecule has 3 heteroatoms. The van der Waals surface area contributed by atoms with Crippen molar-refractivity contribution in [2.45, 2.75) is 84.7 Å². The molecular formula is C21H32O3. The van der Waals surface area contributed by atoms with E-state index in [1.54, 1.807) is 0 Å². The molecule has 0 saturated heterocycles. The summed E-state index contributed by atoms with van der Waals surface area (Å²) in [5.74, 6) is 2.82. The molecule has 0 aromatic heterocycles. The fourth-order valence-corrected chi connectivity index (χ4v) is 7.38. The van der Waals surface area contributed by atoms with Crippen LogP contribution in [0.25, 0.3) is 0 Å². The first-order valence-corrected chi connectivity index (χ1v) is 10.0. The molecule has 3 nitrogen and oxygen atoms in total. The lowest BCUT2D eigenvalue weighted by molar-refractivity contribution is -0.169. The van der Waals surface area contributed by atoms with E-state index < -0.39 is 6.10 Å². The van der Waals surface area contributed by atoms with E-state index in [2.05, 4.69) is 13.8 Å². The molecule has 134 valence electrons. The Morgan fingerprint density at radius 3 is 2.62 bits per heavy atom. The van der Waals surface area contributed by atoms with Crippen LogP contribution in [0.4, 0.5) is 0 Å². The Labute approximate surface area is 145 Å². The summed E-state index contributed by atoms with van der Waals surface area (Å²) in [6, 6.07) is 0. The second-order valence-corrected chi connectivity index (χ2v) is 9.72. The third kappa shape index (κ3) is 2.37. The standard InChI is InChI=1S/C21H32O3/c1-13(22)24-19-11-14-6-7-15-16-5-4-9-20(16,2)10-8-17(15)21(14,3)12-18(19)23/h14-17,19H,4-12H2,1-3H3/t14-,15?,16?,17?,19?,20?,21?/m0/s1. The first-order valence-electron chi connectivity index (χ1n) is 10.0. The lowest BCUT2D eigenvalue weighted by Gasteiger charge is -2.60. The molecule has 7 atom stereocenters. The summed E-state index contributed by atoms with van der Waals surface area (Å²) >= 11 is 0. The van der Waals surface area contributed by atoms with E-state index in [-0.39, 0.29) is 17.2 Å². The quantitative estimate of drug-likeness (QED) is 0.663. The number of rotatable bonds is 1. The minimum atomic E-state index is -0.475. The highest BCUT2D eigenvalue weighted by Gasteiger charge is 2.59. The lowest BCUT2D eigenvalue weighted by atomic mass is 9.45. The second-order valence-electron chi connectivity index (χ2n) is 9.72. The molecule has 6 unspecified atom stereocenters. The van der Waals surface area contributed by atoms with Crippen molar-refractivity contribution in [3.63, 3.8) is 0 Å². The van der Waals surface area contributed by atoms with Crippen molar-refractivity contribution >= 4 is 11.8 Å². The highest BCUT2D eigenvalue weighted by atomic mass is 16.5. The van der Waals surface area contributed by atoms with Gasteiger partial charge in [0.25, 0.3) is 0 Å².